The Balaban J connectivity index is 1.87. The molecule has 0 saturated carbocycles. The van der Waals surface area contributed by atoms with Crippen LogP contribution in [0.15, 0.2) is 29.4 Å². The summed E-state index contributed by atoms with van der Waals surface area (Å²) in [4.78, 5) is 15.8. The Morgan fingerprint density at radius 1 is 1.14 bits per heavy atom. The number of rotatable bonds is 13. The van der Waals surface area contributed by atoms with Crippen molar-refractivity contribution in [1.29, 1.82) is 0 Å². The Morgan fingerprint density at radius 3 is 2.64 bits per heavy atom. The highest BCUT2D eigenvalue weighted by molar-refractivity contribution is 8.76. The number of hydrogen-bond acceptors (Lipinski definition) is 5. The molecule has 3 nitrogen and oxygen atoms in total. The first kappa shape index (κ1) is 19.4. The van der Waals surface area contributed by atoms with Crippen molar-refractivity contribution in [2.75, 3.05) is 12.4 Å². The molecule has 0 fully saturated rings. The van der Waals surface area contributed by atoms with Gasteiger partial charge in [0.25, 0.3) is 0 Å². The lowest BCUT2D eigenvalue weighted by Crippen LogP contribution is -2.06. The second-order valence-corrected chi connectivity index (χ2v) is 7.60. The molecule has 22 heavy (non-hydrogen) atoms. The first-order chi connectivity index (χ1) is 10.8. The summed E-state index contributed by atoms with van der Waals surface area (Å²) in [5.41, 5.74) is 0. The van der Waals surface area contributed by atoms with Crippen molar-refractivity contribution >= 4 is 27.6 Å². The average molecular weight is 342 g/mol. The van der Waals surface area contributed by atoms with E-state index in [1.807, 2.05) is 18.2 Å². The van der Waals surface area contributed by atoms with E-state index < -0.39 is 0 Å². The summed E-state index contributed by atoms with van der Waals surface area (Å²) in [6.45, 7) is 2.80. The van der Waals surface area contributed by atoms with E-state index in [2.05, 4.69) is 11.9 Å². The molecule has 0 unspecified atom stereocenters. The van der Waals surface area contributed by atoms with Crippen LogP contribution in [0, 0.1) is 0 Å². The number of pyridine rings is 1. The summed E-state index contributed by atoms with van der Waals surface area (Å²) < 4.78 is 5.24. The van der Waals surface area contributed by atoms with Gasteiger partial charge in [-0.15, -0.1) is 0 Å². The molecular weight excluding hydrogens is 314 g/mol. The van der Waals surface area contributed by atoms with E-state index >= 15 is 0 Å². The van der Waals surface area contributed by atoms with Gasteiger partial charge in [0.05, 0.1) is 13.0 Å². The molecular formula is C17H27NO2S2. The maximum absolute atomic E-state index is 11.6. The van der Waals surface area contributed by atoms with E-state index in [1.165, 1.54) is 38.5 Å². The van der Waals surface area contributed by atoms with Crippen LogP contribution in [0.2, 0.25) is 0 Å². The Kier molecular flexibility index (Phi) is 12.3. The van der Waals surface area contributed by atoms with E-state index in [0.29, 0.717) is 13.0 Å². The largest absolute Gasteiger partial charge is 0.466 e. The Hall–Kier alpha value is -0.680. The van der Waals surface area contributed by atoms with Gasteiger partial charge >= 0.3 is 5.97 Å². The first-order valence-electron chi connectivity index (χ1n) is 8.19. The zero-order valence-corrected chi connectivity index (χ0v) is 15.1. The van der Waals surface area contributed by atoms with E-state index in [9.17, 15) is 4.79 Å². The third-order valence-electron chi connectivity index (χ3n) is 3.18. The number of carbonyl (C=O) groups is 1. The smallest absolute Gasteiger partial charge is 0.306 e. The number of nitrogens with zero attached hydrogens (tertiary/aromatic N) is 1. The predicted molar refractivity (Wildman–Crippen MR) is 96.1 cm³/mol. The SMILES string of the molecule is CCCCCCCCCOC(=O)CCSSc1ccccn1. The van der Waals surface area contributed by atoms with Gasteiger partial charge in [0.1, 0.15) is 5.03 Å². The fourth-order valence-corrected chi connectivity index (χ4v) is 3.79. The third kappa shape index (κ3) is 11.0. The van der Waals surface area contributed by atoms with Crippen molar-refractivity contribution in [3.8, 4) is 0 Å². The van der Waals surface area contributed by atoms with Crippen LogP contribution in [-0.2, 0) is 9.53 Å². The molecule has 0 aromatic carbocycles. The van der Waals surface area contributed by atoms with E-state index in [-0.39, 0.29) is 5.97 Å². The molecule has 0 aliphatic carbocycles. The van der Waals surface area contributed by atoms with Gasteiger partial charge in [-0.1, -0.05) is 62.3 Å². The van der Waals surface area contributed by atoms with Crippen molar-refractivity contribution in [2.24, 2.45) is 0 Å². The number of esters is 1. The minimum atomic E-state index is -0.0832. The molecule has 0 spiro atoms. The zero-order chi connectivity index (χ0) is 15.9. The van der Waals surface area contributed by atoms with Crippen molar-refractivity contribution in [1.82, 2.24) is 4.98 Å². The number of hydrogen-bond donors (Lipinski definition) is 0. The Bertz CT molecular complexity index is 388. The Labute approximate surface area is 142 Å². The van der Waals surface area contributed by atoms with E-state index in [1.54, 1.807) is 27.8 Å². The van der Waals surface area contributed by atoms with Crippen molar-refractivity contribution < 1.29 is 9.53 Å². The lowest BCUT2D eigenvalue weighted by molar-refractivity contribution is -0.143. The van der Waals surface area contributed by atoms with Crippen LogP contribution in [0.25, 0.3) is 0 Å². The number of unbranched alkanes of at least 4 members (excludes halogenated alkanes) is 6. The molecule has 124 valence electrons. The van der Waals surface area contributed by atoms with Crippen LogP contribution >= 0.6 is 21.6 Å². The molecule has 0 aliphatic rings. The van der Waals surface area contributed by atoms with Crippen LogP contribution in [0.3, 0.4) is 0 Å². The maximum Gasteiger partial charge on any atom is 0.306 e. The lowest BCUT2D eigenvalue weighted by atomic mass is 10.1. The van der Waals surface area contributed by atoms with Crippen molar-refractivity contribution in [2.45, 2.75) is 63.3 Å². The first-order valence-corrected chi connectivity index (χ1v) is 10.5. The number of ether oxygens (including phenoxy) is 1. The van der Waals surface area contributed by atoms with Crippen LogP contribution < -0.4 is 0 Å². The number of aromatic nitrogens is 1. The minimum absolute atomic E-state index is 0.0832. The fourth-order valence-electron chi connectivity index (χ4n) is 1.94. The highest BCUT2D eigenvalue weighted by Crippen LogP contribution is 2.29. The molecule has 1 aromatic rings. The highest BCUT2D eigenvalue weighted by atomic mass is 33.1. The highest BCUT2D eigenvalue weighted by Gasteiger charge is 2.03. The van der Waals surface area contributed by atoms with E-state index in [4.69, 9.17) is 4.74 Å². The van der Waals surface area contributed by atoms with Crippen LogP contribution in [0.5, 0.6) is 0 Å². The molecule has 1 aromatic heterocycles. The fraction of sp³-hybridized carbons (Fsp3) is 0.647. The molecule has 5 heteroatoms. The second-order valence-electron chi connectivity index (χ2n) is 5.17. The third-order valence-corrected chi connectivity index (χ3v) is 5.45. The molecule has 0 N–H and O–H groups in total. The second kappa shape index (κ2) is 13.9. The molecule has 0 amide bonds. The van der Waals surface area contributed by atoms with Gasteiger partial charge in [-0.25, -0.2) is 4.98 Å². The van der Waals surface area contributed by atoms with Gasteiger partial charge in [0.2, 0.25) is 0 Å². The summed E-state index contributed by atoms with van der Waals surface area (Å²) in [5, 5.41) is 0.976. The van der Waals surface area contributed by atoms with Gasteiger partial charge < -0.3 is 4.74 Å². The van der Waals surface area contributed by atoms with Crippen LogP contribution in [-0.4, -0.2) is 23.3 Å². The normalized spacial score (nSPS) is 10.6. The van der Waals surface area contributed by atoms with Crippen molar-refractivity contribution in [3.05, 3.63) is 24.4 Å². The quantitative estimate of drug-likeness (QED) is 0.269. The molecule has 0 saturated heterocycles. The van der Waals surface area contributed by atoms with Crippen molar-refractivity contribution in [3.63, 3.8) is 0 Å². The van der Waals surface area contributed by atoms with Gasteiger partial charge in [-0.05, 0) is 29.3 Å². The maximum atomic E-state index is 11.6. The molecule has 0 aliphatic heterocycles. The monoisotopic (exact) mass is 341 g/mol. The molecule has 0 atom stereocenters. The Morgan fingerprint density at radius 2 is 1.91 bits per heavy atom. The van der Waals surface area contributed by atoms with Gasteiger partial charge in [0, 0.05) is 11.9 Å². The summed E-state index contributed by atoms with van der Waals surface area (Å²) in [6.07, 6.45) is 10.9. The van der Waals surface area contributed by atoms with E-state index in [0.717, 1.165) is 17.2 Å². The minimum Gasteiger partial charge on any atom is -0.466 e. The summed E-state index contributed by atoms with van der Waals surface area (Å²) in [5.74, 6) is 0.678. The molecule has 0 radical (unpaired) electrons. The van der Waals surface area contributed by atoms with Gasteiger partial charge in [0.15, 0.2) is 0 Å². The standard InChI is InChI=1S/C17H27NO2S2/c1-2-3-4-5-6-7-10-14-20-17(19)12-15-21-22-16-11-8-9-13-18-16/h8-9,11,13H,2-7,10,12,14-15H2,1H3. The molecule has 1 heterocycles. The van der Waals surface area contributed by atoms with Gasteiger partial charge in [-0.3, -0.25) is 4.79 Å². The van der Waals surface area contributed by atoms with Crippen LogP contribution in [0.4, 0.5) is 0 Å². The summed E-state index contributed by atoms with van der Waals surface area (Å²) in [7, 11) is 3.24. The molecule has 0 bridgehead atoms. The summed E-state index contributed by atoms with van der Waals surface area (Å²) >= 11 is 0. The zero-order valence-electron chi connectivity index (χ0n) is 13.5. The van der Waals surface area contributed by atoms with Gasteiger partial charge in [-0.2, -0.15) is 0 Å². The van der Waals surface area contributed by atoms with Crippen LogP contribution in [0.1, 0.15) is 58.3 Å². The average Bonchev–Trinajstić information content (AvgIpc) is 2.55. The predicted octanol–water partition coefficient (Wildman–Crippen LogP) is 5.51. The summed E-state index contributed by atoms with van der Waals surface area (Å²) in [6, 6.07) is 5.83. The topological polar surface area (TPSA) is 39.2 Å². The lowest BCUT2D eigenvalue weighted by Gasteiger charge is -2.05. The molecule has 1 rings (SSSR count). The number of carbonyl (C=O) groups excluding carboxylic acids is 1.